The molecular formula is C18H22ClN3O2. The molecule has 1 amide bonds. The van der Waals surface area contributed by atoms with Crippen LogP contribution in [0.5, 0.6) is 0 Å². The number of aromatic nitrogens is 2. The molecule has 2 aromatic rings. The fourth-order valence-corrected chi connectivity index (χ4v) is 3.10. The Balaban J connectivity index is 1.74. The summed E-state index contributed by atoms with van der Waals surface area (Å²) in [6.07, 6.45) is 2.55. The van der Waals surface area contributed by atoms with Crippen molar-refractivity contribution in [3.8, 4) is 0 Å². The van der Waals surface area contributed by atoms with Gasteiger partial charge in [0.1, 0.15) is 6.10 Å². The molecule has 0 aliphatic carbocycles. The van der Waals surface area contributed by atoms with Gasteiger partial charge in [-0.3, -0.25) is 9.48 Å². The highest BCUT2D eigenvalue weighted by Crippen LogP contribution is 2.25. The Bertz CT molecular complexity index is 712. The van der Waals surface area contributed by atoms with Crippen LogP contribution in [0.2, 0.25) is 5.02 Å². The number of hydrogen-bond donors (Lipinski definition) is 0. The molecule has 0 radical (unpaired) electrons. The first-order valence-corrected chi connectivity index (χ1v) is 8.66. The summed E-state index contributed by atoms with van der Waals surface area (Å²) in [6, 6.07) is 7.59. The number of amides is 1. The Kier molecular flexibility index (Phi) is 5.21. The number of aryl methyl sites for hydroxylation is 1. The van der Waals surface area contributed by atoms with Crippen LogP contribution in [-0.2, 0) is 11.3 Å². The van der Waals surface area contributed by atoms with Crippen molar-refractivity contribution in [1.82, 2.24) is 14.7 Å². The minimum Gasteiger partial charge on any atom is -0.370 e. The Morgan fingerprint density at radius 1 is 1.38 bits per heavy atom. The third-order valence-electron chi connectivity index (χ3n) is 4.36. The zero-order chi connectivity index (χ0) is 17.1. The molecule has 6 heteroatoms. The third-order valence-corrected chi connectivity index (χ3v) is 4.62. The molecule has 0 saturated carbocycles. The van der Waals surface area contributed by atoms with Gasteiger partial charge in [-0.2, -0.15) is 5.10 Å². The second-order valence-corrected chi connectivity index (χ2v) is 6.47. The van der Waals surface area contributed by atoms with Crippen molar-refractivity contribution in [2.45, 2.75) is 32.9 Å². The van der Waals surface area contributed by atoms with Crippen LogP contribution in [0.15, 0.2) is 30.5 Å². The summed E-state index contributed by atoms with van der Waals surface area (Å²) >= 11 is 5.94. The zero-order valence-electron chi connectivity index (χ0n) is 14.0. The van der Waals surface area contributed by atoms with Crippen molar-refractivity contribution in [2.75, 3.05) is 19.7 Å². The van der Waals surface area contributed by atoms with E-state index in [1.807, 2.05) is 40.8 Å². The van der Waals surface area contributed by atoms with Crippen LogP contribution in [0.25, 0.3) is 0 Å². The van der Waals surface area contributed by atoms with Crippen molar-refractivity contribution in [2.24, 2.45) is 0 Å². The summed E-state index contributed by atoms with van der Waals surface area (Å²) in [5, 5.41) is 5.03. The van der Waals surface area contributed by atoms with Gasteiger partial charge in [-0.25, -0.2) is 0 Å². The number of benzene rings is 1. The largest absolute Gasteiger partial charge is 0.370 e. The summed E-state index contributed by atoms with van der Waals surface area (Å²) in [5.41, 5.74) is 2.65. The minimum atomic E-state index is -0.119. The van der Waals surface area contributed by atoms with Crippen LogP contribution >= 0.6 is 11.6 Å². The van der Waals surface area contributed by atoms with Crippen molar-refractivity contribution < 1.29 is 9.53 Å². The lowest BCUT2D eigenvalue weighted by molar-refractivity contribution is -0.0228. The van der Waals surface area contributed by atoms with E-state index in [1.165, 1.54) is 0 Å². The molecule has 0 spiro atoms. The van der Waals surface area contributed by atoms with E-state index in [0.717, 1.165) is 24.2 Å². The Labute approximate surface area is 147 Å². The molecule has 1 fully saturated rings. The number of nitrogens with zero attached hydrogens (tertiary/aromatic N) is 3. The Hall–Kier alpha value is -1.85. The van der Waals surface area contributed by atoms with Gasteiger partial charge in [-0.05, 0) is 31.0 Å². The first kappa shape index (κ1) is 17.0. The van der Waals surface area contributed by atoms with Gasteiger partial charge in [0.05, 0.1) is 24.9 Å². The second kappa shape index (κ2) is 7.36. The number of halogens is 1. The average molecular weight is 348 g/mol. The molecular weight excluding hydrogens is 326 g/mol. The smallest absolute Gasteiger partial charge is 0.257 e. The molecule has 1 aliphatic rings. The van der Waals surface area contributed by atoms with E-state index in [0.29, 0.717) is 30.3 Å². The number of hydrogen-bond acceptors (Lipinski definition) is 3. The van der Waals surface area contributed by atoms with Crippen LogP contribution in [0.3, 0.4) is 0 Å². The number of carbonyl (C=O) groups is 1. The van der Waals surface area contributed by atoms with Crippen LogP contribution in [0.4, 0.5) is 0 Å². The molecule has 1 atom stereocenters. The lowest BCUT2D eigenvalue weighted by Gasteiger charge is -2.33. The van der Waals surface area contributed by atoms with Crippen LogP contribution in [0.1, 0.15) is 41.1 Å². The van der Waals surface area contributed by atoms with E-state index >= 15 is 0 Å². The van der Waals surface area contributed by atoms with E-state index < -0.39 is 0 Å². The monoisotopic (exact) mass is 347 g/mol. The van der Waals surface area contributed by atoms with Gasteiger partial charge in [-0.1, -0.05) is 30.7 Å². The molecule has 24 heavy (non-hydrogen) atoms. The van der Waals surface area contributed by atoms with Gasteiger partial charge in [0.2, 0.25) is 0 Å². The summed E-state index contributed by atoms with van der Waals surface area (Å²) in [6.45, 7) is 6.55. The Morgan fingerprint density at radius 2 is 2.12 bits per heavy atom. The summed E-state index contributed by atoms with van der Waals surface area (Å²) in [5.74, 6) is 0.0251. The molecule has 128 valence electrons. The fourth-order valence-electron chi connectivity index (χ4n) is 2.98. The molecule has 0 unspecified atom stereocenters. The second-order valence-electron chi connectivity index (χ2n) is 6.03. The first-order chi connectivity index (χ1) is 11.6. The third kappa shape index (κ3) is 3.47. The van der Waals surface area contributed by atoms with Crippen LogP contribution in [0, 0.1) is 6.92 Å². The number of carbonyl (C=O) groups excluding carboxylic acids is 1. The predicted molar refractivity (Wildman–Crippen MR) is 93.3 cm³/mol. The maximum absolute atomic E-state index is 12.9. The van der Waals surface area contributed by atoms with Crippen molar-refractivity contribution in [3.63, 3.8) is 0 Å². The van der Waals surface area contributed by atoms with Gasteiger partial charge in [0, 0.05) is 23.8 Å². The number of morpholine rings is 1. The normalized spacial score (nSPS) is 18.0. The highest BCUT2D eigenvalue weighted by molar-refractivity contribution is 6.30. The molecule has 0 bridgehead atoms. The first-order valence-electron chi connectivity index (χ1n) is 8.29. The fraction of sp³-hybridized carbons (Fsp3) is 0.444. The predicted octanol–water partition coefficient (Wildman–Crippen LogP) is 3.47. The van der Waals surface area contributed by atoms with Gasteiger partial charge in [0.15, 0.2) is 0 Å². The van der Waals surface area contributed by atoms with Crippen molar-refractivity contribution >= 4 is 17.5 Å². The molecule has 1 saturated heterocycles. The lowest BCUT2D eigenvalue weighted by atomic mass is 10.1. The molecule has 2 heterocycles. The maximum Gasteiger partial charge on any atom is 0.257 e. The van der Waals surface area contributed by atoms with E-state index in [9.17, 15) is 4.79 Å². The molecule has 0 N–H and O–H groups in total. The van der Waals surface area contributed by atoms with Gasteiger partial charge < -0.3 is 9.64 Å². The Morgan fingerprint density at radius 3 is 2.83 bits per heavy atom. The lowest BCUT2D eigenvalue weighted by Crippen LogP contribution is -2.42. The molecule has 1 aromatic carbocycles. The molecule has 1 aliphatic heterocycles. The summed E-state index contributed by atoms with van der Waals surface area (Å²) < 4.78 is 7.73. The van der Waals surface area contributed by atoms with Crippen LogP contribution < -0.4 is 0 Å². The highest BCUT2D eigenvalue weighted by atomic mass is 35.5. The van der Waals surface area contributed by atoms with Crippen LogP contribution in [-0.4, -0.2) is 40.3 Å². The van der Waals surface area contributed by atoms with Crippen molar-refractivity contribution in [3.05, 3.63) is 52.3 Å². The summed E-state index contributed by atoms with van der Waals surface area (Å²) in [7, 11) is 0. The number of ether oxygens (including phenoxy) is 1. The standard InChI is InChI=1S/C18H22ClN3O2/c1-3-8-22-13(2)16(11-20-22)18(23)21-9-10-24-17(12-21)14-4-6-15(19)7-5-14/h4-7,11,17H,3,8-10,12H2,1-2H3/t17-/m1/s1. The minimum absolute atomic E-state index is 0.0251. The van der Waals surface area contributed by atoms with Gasteiger partial charge in [-0.15, -0.1) is 0 Å². The van der Waals surface area contributed by atoms with E-state index in [-0.39, 0.29) is 12.0 Å². The number of rotatable bonds is 4. The van der Waals surface area contributed by atoms with E-state index in [4.69, 9.17) is 16.3 Å². The van der Waals surface area contributed by atoms with Crippen molar-refractivity contribution in [1.29, 1.82) is 0 Å². The summed E-state index contributed by atoms with van der Waals surface area (Å²) in [4.78, 5) is 14.7. The van der Waals surface area contributed by atoms with Gasteiger partial charge in [0.25, 0.3) is 5.91 Å². The SMILES string of the molecule is CCCn1ncc(C(=O)N2CCO[C@@H](c3ccc(Cl)cc3)C2)c1C. The highest BCUT2D eigenvalue weighted by Gasteiger charge is 2.28. The molecule has 3 rings (SSSR count). The average Bonchev–Trinajstić information content (AvgIpc) is 2.96. The molecule has 1 aromatic heterocycles. The maximum atomic E-state index is 12.9. The van der Waals surface area contributed by atoms with E-state index in [2.05, 4.69) is 12.0 Å². The van der Waals surface area contributed by atoms with E-state index in [1.54, 1.807) is 6.20 Å². The topological polar surface area (TPSA) is 47.4 Å². The quantitative estimate of drug-likeness (QED) is 0.850. The molecule has 5 nitrogen and oxygen atoms in total. The van der Waals surface area contributed by atoms with Gasteiger partial charge >= 0.3 is 0 Å². The zero-order valence-corrected chi connectivity index (χ0v) is 14.8.